The van der Waals surface area contributed by atoms with Crippen LogP contribution in [0.25, 0.3) is 0 Å². The van der Waals surface area contributed by atoms with Crippen LogP contribution in [0.3, 0.4) is 0 Å². The highest BCUT2D eigenvalue weighted by atomic mass is 32.2. The van der Waals surface area contributed by atoms with Crippen LogP contribution in [0.15, 0.2) is 0 Å². The number of hydrogen-bond acceptors (Lipinski definition) is 5. The molecule has 0 aromatic heterocycles. The lowest BCUT2D eigenvalue weighted by atomic mass is 9.99. The molecular formula is C12H23NO4S. The Hall–Kier alpha value is -0.620. The minimum absolute atomic E-state index is 0.137. The van der Waals surface area contributed by atoms with Crippen LogP contribution < -0.4 is 0 Å². The van der Waals surface area contributed by atoms with Crippen molar-refractivity contribution in [1.29, 1.82) is 0 Å². The molecule has 106 valence electrons. The van der Waals surface area contributed by atoms with Gasteiger partial charge in [-0.25, -0.2) is 8.42 Å². The van der Waals surface area contributed by atoms with Gasteiger partial charge in [-0.2, -0.15) is 0 Å². The van der Waals surface area contributed by atoms with E-state index >= 15 is 0 Å². The molecule has 1 unspecified atom stereocenters. The Balaban J connectivity index is 2.52. The first-order valence-corrected chi connectivity index (χ1v) is 8.32. The van der Waals surface area contributed by atoms with Gasteiger partial charge in [-0.15, -0.1) is 0 Å². The number of esters is 1. The van der Waals surface area contributed by atoms with Crippen LogP contribution in [-0.2, 0) is 19.4 Å². The molecular weight excluding hydrogens is 254 g/mol. The molecule has 0 N–H and O–H groups in total. The molecule has 0 aromatic carbocycles. The Morgan fingerprint density at radius 3 is 2.72 bits per heavy atom. The number of sulfone groups is 1. The molecule has 0 amide bonds. The van der Waals surface area contributed by atoms with E-state index in [0.717, 1.165) is 25.8 Å². The SMILES string of the molecule is CCS(=O)(=O)CCN1CCCCC1CC(=O)OC. The van der Waals surface area contributed by atoms with Gasteiger partial charge in [0.05, 0.1) is 19.3 Å². The number of carbonyl (C=O) groups is 1. The lowest BCUT2D eigenvalue weighted by Gasteiger charge is -2.34. The van der Waals surface area contributed by atoms with E-state index in [2.05, 4.69) is 9.64 Å². The van der Waals surface area contributed by atoms with Crippen LogP contribution in [0.5, 0.6) is 0 Å². The number of methoxy groups -OCH3 is 1. The standard InChI is InChI=1S/C12H23NO4S/c1-3-18(15,16)9-8-13-7-5-4-6-11(13)10-12(14)17-2/h11H,3-10H2,1-2H3. The van der Waals surface area contributed by atoms with E-state index in [1.165, 1.54) is 7.11 Å². The molecule has 1 aliphatic heterocycles. The summed E-state index contributed by atoms with van der Waals surface area (Å²) >= 11 is 0. The second kappa shape index (κ2) is 7.09. The summed E-state index contributed by atoms with van der Waals surface area (Å²) in [5.74, 6) is 0.147. The quantitative estimate of drug-likeness (QED) is 0.673. The van der Waals surface area contributed by atoms with Gasteiger partial charge in [-0.3, -0.25) is 9.69 Å². The number of rotatable bonds is 6. The first kappa shape index (κ1) is 15.4. The maximum atomic E-state index is 11.5. The van der Waals surface area contributed by atoms with Crippen LogP contribution in [0.4, 0.5) is 0 Å². The average molecular weight is 277 g/mol. The van der Waals surface area contributed by atoms with E-state index in [4.69, 9.17) is 0 Å². The normalized spacial score (nSPS) is 21.8. The summed E-state index contributed by atoms with van der Waals surface area (Å²) in [7, 11) is -1.55. The van der Waals surface area contributed by atoms with Crippen molar-refractivity contribution >= 4 is 15.8 Å². The van der Waals surface area contributed by atoms with Crippen molar-refractivity contribution in [2.75, 3.05) is 31.7 Å². The highest BCUT2D eigenvalue weighted by Crippen LogP contribution is 2.20. The summed E-state index contributed by atoms with van der Waals surface area (Å²) in [5, 5.41) is 0. The van der Waals surface area contributed by atoms with Crippen molar-refractivity contribution in [3.63, 3.8) is 0 Å². The van der Waals surface area contributed by atoms with Gasteiger partial charge >= 0.3 is 5.97 Å². The molecule has 1 fully saturated rings. The highest BCUT2D eigenvalue weighted by molar-refractivity contribution is 7.91. The summed E-state index contributed by atoms with van der Waals surface area (Å²) in [4.78, 5) is 13.4. The van der Waals surface area contributed by atoms with Gasteiger partial charge in [0.2, 0.25) is 0 Å². The summed E-state index contributed by atoms with van der Waals surface area (Å²) in [6.07, 6.45) is 3.48. The number of ether oxygens (including phenoxy) is 1. The number of likely N-dealkylation sites (tertiary alicyclic amines) is 1. The van der Waals surface area contributed by atoms with Crippen LogP contribution in [0.2, 0.25) is 0 Å². The number of nitrogens with zero attached hydrogens (tertiary/aromatic N) is 1. The predicted molar refractivity (Wildman–Crippen MR) is 70.2 cm³/mol. The van der Waals surface area contributed by atoms with Crippen molar-refractivity contribution in [2.24, 2.45) is 0 Å². The molecule has 1 saturated heterocycles. The zero-order valence-electron chi connectivity index (χ0n) is 11.2. The fourth-order valence-electron chi connectivity index (χ4n) is 2.26. The summed E-state index contributed by atoms with van der Waals surface area (Å²) in [5.41, 5.74) is 0. The number of carbonyl (C=O) groups excluding carboxylic acids is 1. The molecule has 0 radical (unpaired) electrons. The second-order valence-electron chi connectivity index (χ2n) is 4.70. The zero-order valence-corrected chi connectivity index (χ0v) is 12.0. The van der Waals surface area contributed by atoms with E-state index in [1.807, 2.05) is 0 Å². The van der Waals surface area contributed by atoms with Crippen molar-refractivity contribution in [3.8, 4) is 0 Å². The van der Waals surface area contributed by atoms with Gasteiger partial charge in [-0.1, -0.05) is 13.3 Å². The Morgan fingerprint density at radius 1 is 1.39 bits per heavy atom. The molecule has 18 heavy (non-hydrogen) atoms. The Kier molecular flexibility index (Phi) is 6.08. The molecule has 1 rings (SSSR count). The largest absolute Gasteiger partial charge is 0.469 e. The first-order chi connectivity index (χ1) is 8.48. The monoisotopic (exact) mass is 277 g/mol. The van der Waals surface area contributed by atoms with Crippen molar-refractivity contribution in [3.05, 3.63) is 0 Å². The van der Waals surface area contributed by atoms with E-state index in [0.29, 0.717) is 13.0 Å². The minimum Gasteiger partial charge on any atom is -0.469 e. The Bertz CT molecular complexity index is 366. The molecule has 0 spiro atoms. The predicted octanol–water partition coefficient (Wildman–Crippen LogP) is 0.839. The fraction of sp³-hybridized carbons (Fsp3) is 0.917. The van der Waals surface area contributed by atoms with Gasteiger partial charge in [-0.05, 0) is 19.4 Å². The maximum Gasteiger partial charge on any atom is 0.307 e. The topological polar surface area (TPSA) is 63.7 Å². The summed E-state index contributed by atoms with van der Waals surface area (Å²) in [6.45, 7) is 3.07. The van der Waals surface area contributed by atoms with Crippen molar-refractivity contribution in [1.82, 2.24) is 4.90 Å². The van der Waals surface area contributed by atoms with E-state index < -0.39 is 9.84 Å². The lowest BCUT2D eigenvalue weighted by Crippen LogP contribution is -2.43. The molecule has 0 saturated carbocycles. The van der Waals surface area contributed by atoms with Gasteiger partial charge in [0.1, 0.15) is 0 Å². The lowest BCUT2D eigenvalue weighted by molar-refractivity contribution is -0.142. The van der Waals surface area contributed by atoms with Gasteiger partial charge < -0.3 is 4.74 Å². The molecule has 0 aromatic rings. The zero-order chi connectivity index (χ0) is 13.6. The maximum absolute atomic E-state index is 11.5. The molecule has 0 bridgehead atoms. The second-order valence-corrected chi connectivity index (χ2v) is 7.17. The van der Waals surface area contributed by atoms with Gasteiger partial charge in [0.25, 0.3) is 0 Å². The van der Waals surface area contributed by atoms with Crippen LogP contribution in [-0.4, -0.2) is 57.0 Å². The smallest absolute Gasteiger partial charge is 0.307 e. The third-order valence-electron chi connectivity index (χ3n) is 3.51. The Morgan fingerprint density at radius 2 is 2.11 bits per heavy atom. The number of hydrogen-bond donors (Lipinski definition) is 0. The molecule has 5 nitrogen and oxygen atoms in total. The number of piperidine rings is 1. The van der Waals surface area contributed by atoms with Crippen LogP contribution >= 0.6 is 0 Å². The first-order valence-electron chi connectivity index (χ1n) is 6.49. The minimum atomic E-state index is -2.93. The summed E-state index contributed by atoms with van der Waals surface area (Å²) < 4.78 is 27.7. The molecule has 1 heterocycles. The third-order valence-corrected chi connectivity index (χ3v) is 5.19. The molecule has 1 aliphatic rings. The van der Waals surface area contributed by atoms with Crippen LogP contribution in [0, 0.1) is 0 Å². The molecule has 1 atom stereocenters. The van der Waals surface area contributed by atoms with Crippen molar-refractivity contribution < 1.29 is 17.9 Å². The highest BCUT2D eigenvalue weighted by Gasteiger charge is 2.25. The average Bonchev–Trinajstić information content (AvgIpc) is 2.37. The molecule has 0 aliphatic carbocycles. The van der Waals surface area contributed by atoms with E-state index in [9.17, 15) is 13.2 Å². The van der Waals surface area contributed by atoms with Crippen molar-refractivity contribution in [2.45, 2.75) is 38.6 Å². The van der Waals surface area contributed by atoms with Gasteiger partial charge in [0.15, 0.2) is 9.84 Å². The van der Waals surface area contributed by atoms with Gasteiger partial charge in [0, 0.05) is 18.3 Å². The fourth-order valence-corrected chi connectivity index (χ4v) is 3.06. The third kappa shape index (κ3) is 4.94. The Labute approximate surface area is 109 Å². The van der Waals surface area contributed by atoms with Crippen LogP contribution in [0.1, 0.15) is 32.6 Å². The molecule has 6 heteroatoms. The van der Waals surface area contributed by atoms with E-state index in [-0.39, 0.29) is 23.5 Å². The summed E-state index contributed by atoms with van der Waals surface area (Å²) in [6, 6.07) is 0.137. The van der Waals surface area contributed by atoms with E-state index in [1.54, 1.807) is 6.92 Å².